The number of aliphatic carboxylic acids is 1. The molecule has 1 aromatic carbocycles. The van der Waals surface area contributed by atoms with E-state index in [1.807, 2.05) is 13.0 Å². The minimum atomic E-state index is -1.09. The number of aliphatic hydroxyl groups excluding tert-OH is 1. The summed E-state index contributed by atoms with van der Waals surface area (Å²) >= 11 is 3.29. The first-order valence-electron chi connectivity index (χ1n) is 5.88. The predicted molar refractivity (Wildman–Crippen MR) is 72.0 cm³/mol. The lowest BCUT2D eigenvalue weighted by atomic mass is 10.1. The van der Waals surface area contributed by atoms with Gasteiger partial charge in [0.05, 0.1) is 11.7 Å². The number of hydrogen-bond donors (Lipinski definition) is 2. The predicted octanol–water partition coefficient (Wildman–Crippen LogP) is 1.42. The molecule has 6 heteroatoms. The van der Waals surface area contributed by atoms with Gasteiger partial charge < -0.3 is 15.1 Å². The van der Waals surface area contributed by atoms with Crippen molar-refractivity contribution >= 4 is 27.8 Å². The molecule has 19 heavy (non-hydrogen) atoms. The number of amides is 1. The van der Waals surface area contributed by atoms with Gasteiger partial charge in [0.1, 0.15) is 6.04 Å². The first-order valence-corrected chi connectivity index (χ1v) is 6.67. The first kappa shape index (κ1) is 14.0. The topological polar surface area (TPSA) is 77.8 Å². The number of aliphatic hydroxyl groups is 1. The summed E-state index contributed by atoms with van der Waals surface area (Å²) in [6.07, 6.45) is -0.710. The van der Waals surface area contributed by atoms with E-state index in [2.05, 4.69) is 15.9 Å². The maximum Gasteiger partial charge on any atom is 0.326 e. The monoisotopic (exact) mass is 327 g/mol. The quantitative estimate of drug-likeness (QED) is 0.861. The lowest BCUT2D eigenvalue weighted by Gasteiger charge is -2.22. The van der Waals surface area contributed by atoms with Gasteiger partial charge in [0.25, 0.3) is 5.91 Å². The molecule has 1 aromatic rings. The van der Waals surface area contributed by atoms with Crippen LogP contribution >= 0.6 is 15.9 Å². The number of carbonyl (C=O) groups excluding carboxylic acids is 1. The van der Waals surface area contributed by atoms with Crippen molar-refractivity contribution in [2.45, 2.75) is 25.5 Å². The van der Waals surface area contributed by atoms with E-state index >= 15 is 0 Å². The maximum atomic E-state index is 12.4. The summed E-state index contributed by atoms with van der Waals surface area (Å²) in [5, 5.41) is 18.7. The van der Waals surface area contributed by atoms with E-state index in [4.69, 9.17) is 5.11 Å². The molecule has 2 rings (SSSR count). The van der Waals surface area contributed by atoms with E-state index in [0.29, 0.717) is 10.0 Å². The first-order chi connectivity index (χ1) is 8.90. The van der Waals surface area contributed by atoms with Gasteiger partial charge in [-0.25, -0.2) is 4.79 Å². The molecule has 1 saturated heterocycles. The largest absolute Gasteiger partial charge is 0.480 e. The smallest absolute Gasteiger partial charge is 0.326 e. The van der Waals surface area contributed by atoms with E-state index in [-0.39, 0.29) is 18.9 Å². The zero-order valence-electron chi connectivity index (χ0n) is 10.3. The molecule has 0 aromatic heterocycles. The van der Waals surface area contributed by atoms with Crippen molar-refractivity contribution < 1.29 is 19.8 Å². The maximum absolute atomic E-state index is 12.4. The third-order valence-electron chi connectivity index (χ3n) is 3.18. The fourth-order valence-corrected chi connectivity index (χ4v) is 2.65. The number of nitrogens with zero attached hydrogens (tertiary/aromatic N) is 1. The van der Waals surface area contributed by atoms with Gasteiger partial charge in [0.2, 0.25) is 0 Å². The molecule has 1 amide bonds. The van der Waals surface area contributed by atoms with Crippen LogP contribution in [0, 0.1) is 6.92 Å². The number of carboxylic acids is 1. The number of β-amino-alcohol motifs (C(OH)–C–C–N with tert-alkyl or cyclic N) is 1. The molecule has 2 N–H and O–H groups in total. The zero-order chi connectivity index (χ0) is 14.2. The minimum Gasteiger partial charge on any atom is -0.480 e. The third kappa shape index (κ3) is 2.79. The van der Waals surface area contributed by atoms with Crippen molar-refractivity contribution in [3.8, 4) is 0 Å². The van der Waals surface area contributed by atoms with Crippen molar-refractivity contribution in [2.75, 3.05) is 6.54 Å². The Balaban J connectivity index is 2.33. The highest BCUT2D eigenvalue weighted by Crippen LogP contribution is 2.25. The Morgan fingerprint density at radius 3 is 2.74 bits per heavy atom. The van der Waals surface area contributed by atoms with Crippen molar-refractivity contribution in [1.82, 2.24) is 4.90 Å². The second kappa shape index (κ2) is 5.30. The molecule has 1 fully saturated rings. The molecule has 1 aliphatic rings. The Labute approximate surface area is 119 Å². The van der Waals surface area contributed by atoms with Gasteiger partial charge in [-0.05, 0) is 35.0 Å². The number of rotatable bonds is 2. The van der Waals surface area contributed by atoms with Crippen molar-refractivity contribution in [3.63, 3.8) is 0 Å². The molecule has 0 aliphatic carbocycles. The van der Waals surface area contributed by atoms with E-state index in [9.17, 15) is 14.7 Å². The van der Waals surface area contributed by atoms with Gasteiger partial charge in [-0.3, -0.25) is 4.79 Å². The Morgan fingerprint density at radius 1 is 1.42 bits per heavy atom. The van der Waals surface area contributed by atoms with Gasteiger partial charge in [0.15, 0.2) is 0 Å². The Kier molecular flexibility index (Phi) is 3.91. The van der Waals surface area contributed by atoms with E-state index in [1.54, 1.807) is 12.1 Å². The summed E-state index contributed by atoms with van der Waals surface area (Å²) < 4.78 is 0.619. The number of carbonyl (C=O) groups is 2. The third-order valence-corrected chi connectivity index (χ3v) is 3.87. The fourth-order valence-electron chi connectivity index (χ4n) is 2.23. The van der Waals surface area contributed by atoms with Gasteiger partial charge in [-0.15, -0.1) is 0 Å². The molecule has 0 saturated carbocycles. The van der Waals surface area contributed by atoms with Crippen LogP contribution in [-0.4, -0.2) is 45.7 Å². The summed E-state index contributed by atoms with van der Waals surface area (Å²) in [5.41, 5.74) is 1.33. The molecule has 0 spiro atoms. The van der Waals surface area contributed by atoms with Crippen molar-refractivity contribution in [1.29, 1.82) is 0 Å². The average Bonchev–Trinajstić information content (AvgIpc) is 2.74. The molecule has 0 radical (unpaired) electrons. The fraction of sp³-hybridized carbons (Fsp3) is 0.385. The summed E-state index contributed by atoms with van der Waals surface area (Å²) in [4.78, 5) is 24.7. The van der Waals surface area contributed by atoms with Gasteiger partial charge in [-0.2, -0.15) is 0 Å². The second-order valence-electron chi connectivity index (χ2n) is 4.68. The van der Waals surface area contributed by atoms with E-state index in [0.717, 1.165) is 5.56 Å². The van der Waals surface area contributed by atoms with Gasteiger partial charge in [0, 0.05) is 17.4 Å². The molecule has 1 aliphatic heterocycles. The number of halogens is 1. The molecular formula is C13H14BrNO4. The van der Waals surface area contributed by atoms with E-state index < -0.39 is 18.1 Å². The highest BCUT2D eigenvalue weighted by atomic mass is 79.9. The summed E-state index contributed by atoms with van der Waals surface area (Å²) in [6, 6.07) is 4.35. The SMILES string of the molecule is Cc1ccc(Br)c(C(=O)N2C[C@H](O)C[C@H]2C(=O)O)c1. The molecule has 0 unspecified atom stereocenters. The summed E-state index contributed by atoms with van der Waals surface area (Å²) in [5.74, 6) is -1.46. The minimum absolute atomic E-state index is 0.0518. The Hall–Kier alpha value is -1.40. The van der Waals surface area contributed by atoms with Gasteiger partial charge in [-0.1, -0.05) is 11.6 Å². The van der Waals surface area contributed by atoms with Crippen molar-refractivity contribution in [2.24, 2.45) is 0 Å². The highest BCUT2D eigenvalue weighted by molar-refractivity contribution is 9.10. The van der Waals surface area contributed by atoms with Gasteiger partial charge >= 0.3 is 5.97 Å². The van der Waals surface area contributed by atoms with Crippen LogP contribution in [0.3, 0.4) is 0 Å². The Bertz CT molecular complexity index is 531. The number of carboxylic acid groups (broad SMARTS) is 1. The van der Waals surface area contributed by atoms with Crippen LogP contribution < -0.4 is 0 Å². The van der Waals surface area contributed by atoms with Crippen LogP contribution in [0.1, 0.15) is 22.3 Å². The second-order valence-corrected chi connectivity index (χ2v) is 5.54. The highest BCUT2D eigenvalue weighted by Gasteiger charge is 2.39. The molecule has 1 heterocycles. The van der Waals surface area contributed by atoms with Crippen LogP contribution in [0.4, 0.5) is 0 Å². The molecular weight excluding hydrogens is 314 g/mol. The normalized spacial score (nSPS) is 22.6. The standard InChI is InChI=1S/C13H14BrNO4/c1-7-2-3-10(14)9(4-7)12(17)15-6-8(16)5-11(15)13(18)19/h2-4,8,11,16H,5-6H2,1H3,(H,18,19)/t8-,11+/m1/s1. The van der Waals surface area contributed by atoms with Crippen LogP contribution in [0.25, 0.3) is 0 Å². The molecule has 2 atom stereocenters. The van der Waals surface area contributed by atoms with E-state index in [1.165, 1.54) is 4.90 Å². The van der Waals surface area contributed by atoms with Crippen LogP contribution in [0.5, 0.6) is 0 Å². The number of aryl methyl sites for hydroxylation is 1. The molecule has 0 bridgehead atoms. The summed E-state index contributed by atoms with van der Waals surface area (Å²) in [7, 11) is 0. The van der Waals surface area contributed by atoms with Crippen LogP contribution in [0.2, 0.25) is 0 Å². The lowest BCUT2D eigenvalue weighted by Crippen LogP contribution is -2.40. The zero-order valence-corrected chi connectivity index (χ0v) is 11.9. The number of benzene rings is 1. The number of likely N-dealkylation sites (tertiary alicyclic amines) is 1. The number of hydrogen-bond acceptors (Lipinski definition) is 3. The Morgan fingerprint density at radius 2 is 2.11 bits per heavy atom. The average molecular weight is 328 g/mol. The molecule has 5 nitrogen and oxygen atoms in total. The van der Waals surface area contributed by atoms with Crippen LogP contribution in [0.15, 0.2) is 22.7 Å². The van der Waals surface area contributed by atoms with Crippen LogP contribution in [-0.2, 0) is 4.79 Å². The molecule has 102 valence electrons. The lowest BCUT2D eigenvalue weighted by molar-refractivity contribution is -0.141. The van der Waals surface area contributed by atoms with Crippen molar-refractivity contribution in [3.05, 3.63) is 33.8 Å². The summed E-state index contributed by atoms with van der Waals surface area (Å²) in [6.45, 7) is 1.91.